The molecule has 0 spiro atoms. The smallest absolute Gasteiger partial charge is 0.0364 e. The van der Waals surface area contributed by atoms with Gasteiger partial charge in [0.15, 0.2) is 0 Å². The van der Waals surface area contributed by atoms with Crippen molar-refractivity contribution >= 4 is 0 Å². The normalized spacial score (nSPS) is 21.5. The van der Waals surface area contributed by atoms with E-state index in [-0.39, 0.29) is 11.5 Å². The molecule has 0 amide bonds. The second-order valence-corrected chi connectivity index (χ2v) is 5.13. The molecule has 2 nitrogen and oxygen atoms in total. The van der Waals surface area contributed by atoms with Crippen LogP contribution in [-0.4, -0.2) is 4.98 Å². The van der Waals surface area contributed by atoms with Gasteiger partial charge in [0.2, 0.25) is 0 Å². The Morgan fingerprint density at radius 1 is 1.33 bits per heavy atom. The average molecular weight is 204 g/mol. The van der Waals surface area contributed by atoms with Gasteiger partial charge in [0.25, 0.3) is 0 Å². The van der Waals surface area contributed by atoms with Gasteiger partial charge in [-0.05, 0) is 36.3 Å². The molecule has 0 radical (unpaired) electrons. The SMILES string of the molecule is Cc1cncc(C(N)C2(C)CCCC2)c1. The maximum atomic E-state index is 6.36. The highest BCUT2D eigenvalue weighted by Crippen LogP contribution is 2.45. The molecule has 0 bridgehead atoms. The minimum absolute atomic E-state index is 0.146. The summed E-state index contributed by atoms with van der Waals surface area (Å²) >= 11 is 0. The van der Waals surface area contributed by atoms with Crippen molar-refractivity contribution in [1.82, 2.24) is 4.98 Å². The Labute approximate surface area is 91.9 Å². The van der Waals surface area contributed by atoms with Crippen LogP contribution in [0.4, 0.5) is 0 Å². The summed E-state index contributed by atoms with van der Waals surface area (Å²) in [6.07, 6.45) is 8.95. The second kappa shape index (κ2) is 3.93. The van der Waals surface area contributed by atoms with Crippen LogP contribution >= 0.6 is 0 Å². The molecule has 1 atom stereocenters. The number of rotatable bonds is 2. The number of hydrogen-bond acceptors (Lipinski definition) is 2. The first-order valence-electron chi connectivity index (χ1n) is 5.79. The van der Waals surface area contributed by atoms with Crippen molar-refractivity contribution in [3.63, 3.8) is 0 Å². The molecule has 0 aliphatic heterocycles. The van der Waals surface area contributed by atoms with E-state index in [2.05, 4.69) is 24.9 Å². The van der Waals surface area contributed by atoms with Gasteiger partial charge in [0.05, 0.1) is 0 Å². The highest BCUT2D eigenvalue weighted by atomic mass is 14.7. The molecule has 1 aliphatic carbocycles. The van der Waals surface area contributed by atoms with Crippen molar-refractivity contribution in [2.45, 2.75) is 45.6 Å². The predicted molar refractivity (Wildman–Crippen MR) is 62.5 cm³/mol. The molecule has 82 valence electrons. The van der Waals surface area contributed by atoms with E-state index >= 15 is 0 Å². The van der Waals surface area contributed by atoms with Gasteiger partial charge in [-0.1, -0.05) is 25.8 Å². The molecule has 2 N–H and O–H groups in total. The Bertz CT molecular complexity index is 340. The fourth-order valence-corrected chi connectivity index (χ4v) is 2.64. The van der Waals surface area contributed by atoms with Gasteiger partial charge in [0.1, 0.15) is 0 Å². The standard InChI is InChI=1S/C13H20N2/c1-10-7-11(9-15-8-10)12(14)13(2)5-3-4-6-13/h7-9,12H,3-6,14H2,1-2H3. The van der Waals surface area contributed by atoms with Crippen LogP contribution in [0.2, 0.25) is 0 Å². The number of aryl methyl sites for hydroxylation is 1. The summed E-state index contributed by atoms with van der Waals surface area (Å²) in [7, 11) is 0. The maximum absolute atomic E-state index is 6.36. The van der Waals surface area contributed by atoms with Crippen LogP contribution in [0.5, 0.6) is 0 Å². The Hall–Kier alpha value is -0.890. The van der Waals surface area contributed by atoms with Crippen LogP contribution in [0.25, 0.3) is 0 Å². The fourth-order valence-electron chi connectivity index (χ4n) is 2.64. The van der Waals surface area contributed by atoms with E-state index in [9.17, 15) is 0 Å². The molecule has 15 heavy (non-hydrogen) atoms. The lowest BCUT2D eigenvalue weighted by atomic mass is 9.78. The summed E-state index contributed by atoms with van der Waals surface area (Å²) in [6.45, 7) is 4.38. The molecule has 1 aliphatic rings. The number of hydrogen-bond donors (Lipinski definition) is 1. The monoisotopic (exact) mass is 204 g/mol. The molecule has 1 fully saturated rings. The molecule has 1 saturated carbocycles. The van der Waals surface area contributed by atoms with Crippen molar-refractivity contribution in [3.05, 3.63) is 29.6 Å². The van der Waals surface area contributed by atoms with Gasteiger partial charge in [-0.25, -0.2) is 0 Å². The molecular formula is C13H20N2. The van der Waals surface area contributed by atoms with E-state index in [0.717, 1.165) is 0 Å². The first kappa shape index (κ1) is 10.6. The third-order valence-electron chi connectivity index (χ3n) is 3.75. The highest BCUT2D eigenvalue weighted by molar-refractivity contribution is 5.22. The van der Waals surface area contributed by atoms with Gasteiger partial charge in [-0.2, -0.15) is 0 Å². The van der Waals surface area contributed by atoms with E-state index in [4.69, 9.17) is 5.73 Å². The zero-order chi connectivity index (χ0) is 10.9. The van der Waals surface area contributed by atoms with Gasteiger partial charge < -0.3 is 5.73 Å². The van der Waals surface area contributed by atoms with Crippen molar-refractivity contribution < 1.29 is 0 Å². The van der Waals surface area contributed by atoms with Crippen LogP contribution in [0.3, 0.4) is 0 Å². The van der Waals surface area contributed by atoms with E-state index in [1.54, 1.807) is 0 Å². The number of nitrogens with two attached hydrogens (primary N) is 1. The number of aromatic nitrogens is 1. The predicted octanol–water partition coefficient (Wildman–Crippen LogP) is 2.97. The first-order chi connectivity index (χ1) is 7.12. The molecule has 1 unspecified atom stereocenters. The summed E-state index contributed by atoms with van der Waals surface area (Å²) < 4.78 is 0. The Kier molecular flexibility index (Phi) is 2.79. The Morgan fingerprint density at radius 2 is 2.00 bits per heavy atom. The van der Waals surface area contributed by atoms with Gasteiger partial charge in [0, 0.05) is 18.4 Å². The van der Waals surface area contributed by atoms with Crippen molar-refractivity contribution in [2.24, 2.45) is 11.1 Å². The summed E-state index contributed by atoms with van der Waals surface area (Å²) in [6, 6.07) is 2.31. The lowest BCUT2D eigenvalue weighted by Crippen LogP contribution is -2.29. The average Bonchev–Trinajstić information content (AvgIpc) is 2.65. The van der Waals surface area contributed by atoms with E-state index in [0.29, 0.717) is 0 Å². The molecule has 2 heteroatoms. The fraction of sp³-hybridized carbons (Fsp3) is 0.615. The van der Waals surface area contributed by atoms with Crippen LogP contribution in [-0.2, 0) is 0 Å². The molecule has 1 heterocycles. The van der Waals surface area contributed by atoms with Crippen LogP contribution in [0.15, 0.2) is 18.5 Å². The quantitative estimate of drug-likeness (QED) is 0.804. The van der Waals surface area contributed by atoms with Gasteiger partial charge in [-0.3, -0.25) is 4.98 Å². The van der Waals surface area contributed by atoms with Gasteiger partial charge in [-0.15, -0.1) is 0 Å². The van der Waals surface area contributed by atoms with Crippen molar-refractivity contribution in [1.29, 1.82) is 0 Å². The topological polar surface area (TPSA) is 38.9 Å². The maximum Gasteiger partial charge on any atom is 0.0364 e. The molecule has 1 aromatic heterocycles. The molecule has 0 aromatic carbocycles. The van der Waals surface area contributed by atoms with Crippen molar-refractivity contribution in [3.8, 4) is 0 Å². The molecule has 2 rings (SSSR count). The summed E-state index contributed by atoms with van der Waals surface area (Å²) in [5, 5.41) is 0. The highest BCUT2D eigenvalue weighted by Gasteiger charge is 2.35. The summed E-state index contributed by atoms with van der Waals surface area (Å²) in [5.74, 6) is 0. The van der Waals surface area contributed by atoms with E-state index in [1.807, 2.05) is 12.4 Å². The molecular weight excluding hydrogens is 184 g/mol. The largest absolute Gasteiger partial charge is 0.323 e. The van der Waals surface area contributed by atoms with E-state index < -0.39 is 0 Å². The zero-order valence-corrected chi connectivity index (χ0v) is 9.66. The Morgan fingerprint density at radius 3 is 2.60 bits per heavy atom. The minimum atomic E-state index is 0.146. The minimum Gasteiger partial charge on any atom is -0.323 e. The van der Waals surface area contributed by atoms with Crippen LogP contribution in [0, 0.1) is 12.3 Å². The molecule has 1 aromatic rings. The summed E-state index contributed by atoms with van der Waals surface area (Å²) in [5.41, 5.74) is 9.04. The van der Waals surface area contributed by atoms with Gasteiger partial charge >= 0.3 is 0 Å². The molecule has 0 saturated heterocycles. The zero-order valence-electron chi connectivity index (χ0n) is 9.66. The van der Waals surface area contributed by atoms with E-state index in [1.165, 1.54) is 36.8 Å². The summed E-state index contributed by atoms with van der Waals surface area (Å²) in [4.78, 5) is 4.23. The number of nitrogens with zero attached hydrogens (tertiary/aromatic N) is 1. The lowest BCUT2D eigenvalue weighted by Gasteiger charge is -2.31. The third kappa shape index (κ3) is 2.05. The van der Waals surface area contributed by atoms with Crippen LogP contribution < -0.4 is 5.73 Å². The van der Waals surface area contributed by atoms with Crippen molar-refractivity contribution in [2.75, 3.05) is 0 Å². The Balaban J connectivity index is 2.23. The second-order valence-electron chi connectivity index (χ2n) is 5.13. The number of pyridine rings is 1. The third-order valence-corrected chi connectivity index (χ3v) is 3.75. The first-order valence-corrected chi connectivity index (χ1v) is 5.79. The lowest BCUT2D eigenvalue weighted by molar-refractivity contribution is 0.265. The van der Waals surface area contributed by atoms with Crippen LogP contribution in [0.1, 0.15) is 49.8 Å².